The Labute approximate surface area is 515 Å². The number of carbonyl (C=O) groups excluding carboxylic acids is 10. The summed E-state index contributed by atoms with van der Waals surface area (Å²) in [5.41, 5.74) is 31.1. The van der Waals surface area contributed by atoms with Crippen LogP contribution in [0.4, 0.5) is 0 Å². The number of hydrogen-bond acceptors (Lipinski definition) is 16. The van der Waals surface area contributed by atoms with E-state index < -0.39 is 132 Å². The molecule has 0 unspecified atom stereocenters. The molecule has 0 aliphatic carbocycles. The van der Waals surface area contributed by atoms with Crippen LogP contribution >= 0.6 is 0 Å². The number of imidazole rings is 1. The van der Waals surface area contributed by atoms with Gasteiger partial charge in [0.15, 0.2) is 12.0 Å². The number of benzene rings is 3. The van der Waals surface area contributed by atoms with Gasteiger partial charge in [0.25, 0.3) is 0 Å². The van der Waals surface area contributed by atoms with Gasteiger partial charge in [-0.3, -0.25) is 52.9 Å². The Balaban J connectivity index is 1.27. The average molecular weight is 1250 g/mol. The monoisotopic (exact) mass is 1250 g/mol. The Morgan fingerprint density at radius 2 is 1.23 bits per heavy atom. The van der Waals surface area contributed by atoms with E-state index in [1.807, 2.05) is 0 Å². The first-order chi connectivity index (χ1) is 42.9. The summed E-state index contributed by atoms with van der Waals surface area (Å²) < 4.78 is 0. The molecule has 31 heteroatoms. The minimum absolute atomic E-state index is 0.0114. The van der Waals surface area contributed by atoms with Crippen molar-refractivity contribution in [1.82, 2.24) is 57.1 Å². The van der Waals surface area contributed by atoms with Gasteiger partial charge in [0.2, 0.25) is 59.1 Å². The maximum absolute atomic E-state index is 14.9. The Hall–Kier alpha value is -10.4. The summed E-state index contributed by atoms with van der Waals surface area (Å²) in [6.45, 7) is 1.06. The summed E-state index contributed by atoms with van der Waals surface area (Å²) >= 11 is 0. The molecule has 6 rings (SSSR count). The largest absolute Gasteiger partial charge is 0.508 e. The molecular weight excluding hydrogens is 1170 g/mol. The number of carboxylic acids is 1. The molecule has 0 bridgehead atoms. The van der Waals surface area contributed by atoms with E-state index in [9.17, 15) is 68.1 Å². The molecule has 1 aliphatic rings. The number of phenols is 1. The zero-order chi connectivity index (χ0) is 65.6. The Bertz CT molecular complexity index is 3360. The fourth-order valence-electron chi connectivity index (χ4n) is 10.1. The number of nitrogens with two attached hydrogens (primary N) is 5. The molecule has 0 spiro atoms. The first kappa shape index (κ1) is 68.7. The van der Waals surface area contributed by atoms with E-state index in [0.717, 1.165) is 6.92 Å². The number of guanidine groups is 1. The number of likely N-dealkylation sites (tertiary alicyclic amines) is 1. The number of aromatic nitrogens is 3. The van der Waals surface area contributed by atoms with Gasteiger partial charge in [-0.15, -0.1) is 0 Å². The lowest BCUT2D eigenvalue weighted by Crippen LogP contribution is -2.61. The lowest BCUT2D eigenvalue weighted by molar-refractivity contribution is -0.145. The summed E-state index contributed by atoms with van der Waals surface area (Å²) in [4.78, 5) is 167. The number of nitrogens with zero attached hydrogens (tertiary/aromatic N) is 3. The first-order valence-corrected chi connectivity index (χ1v) is 28.9. The van der Waals surface area contributed by atoms with Crippen LogP contribution in [0.15, 0.2) is 103 Å². The molecule has 0 saturated carbocycles. The van der Waals surface area contributed by atoms with Crippen LogP contribution in [0.1, 0.15) is 74.3 Å². The summed E-state index contributed by atoms with van der Waals surface area (Å²) in [6.07, 6.45) is 0.786. The van der Waals surface area contributed by atoms with Gasteiger partial charge in [-0.2, -0.15) is 0 Å². The van der Waals surface area contributed by atoms with Crippen LogP contribution in [0.25, 0.3) is 10.9 Å². The number of aliphatic hydroxyl groups is 1. The lowest BCUT2D eigenvalue weighted by atomic mass is 10.0. The van der Waals surface area contributed by atoms with Gasteiger partial charge in [0, 0.05) is 74.2 Å². The molecule has 3 aromatic carbocycles. The zero-order valence-corrected chi connectivity index (χ0v) is 49.3. The number of phenolic OH excluding ortho intramolecular Hbond substituents is 1. The summed E-state index contributed by atoms with van der Waals surface area (Å²) in [7, 11) is 0. The number of carboxylic acid groups (broad SMARTS) is 1. The van der Waals surface area contributed by atoms with E-state index in [2.05, 4.69) is 57.2 Å². The van der Waals surface area contributed by atoms with Crippen molar-refractivity contribution in [3.63, 3.8) is 0 Å². The number of carbonyl (C=O) groups is 11. The van der Waals surface area contributed by atoms with E-state index in [0.29, 0.717) is 33.3 Å². The number of rotatable bonds is 34. The average Bonchev–Trinajstić information content (AvgIpc) is 1.74. The van der Waals surface area contributed by atoms with Gasteiger partial charge in [0.05, 0.1) is 24.9 Å². The molecule has 90 heavy (non-hydrogen) atoms. The Morgan fingerprint density at radius 3 is 1.88 bits per heavy atom. The highest BCUT2D eigenvalue weighted by Gasteiger charge is 2.41. The van der Waals surface area contributed by atoms with Gasteiger partial charge < -0.3 is 96.1 Å². The molecule has 31 nitrogen and oxygen atoms in total. The molecule has 10 atom stereocenters. The number of fused-ring (bicyclic) bond motifs is 1. The van der Waals surface area contributed by atoms with Crippen molar-refractivity contribution < 1.29 is 68.1 Å². The van der Waals surface area contributed by atoms with E-state index in [-0.39, 0.29) is 89.0 Å². The number of hydrogen-bond donors (Lipinski definition) is 17. The number of primary amides is 2. The van der Waals surface area contributed by atoms with Crippen LogP contribution in [-0.4, -0.2) is 180 Å². The van der Waals surface area contributed by atoms with E-state index in [4.69, 9.17) is 28.7 Å². The molecule has 0 radical (unpaired) electrons. The van der Waals surface area contributed by atoms with Crippen LogP contribution in [0.5, 0.6) is 5.75 Å². The molecule has 1 fully saturated rings. The molecule has 482 valence electrons. The smallest absolute Gasteiger partial charge is 0.328 e. The minimum Gasteiger partial charge on any atom is -0.508 e. The Morgan fingerprint density at radius 1 is 0.656 bits per heavy atom. The third-order valence-electron chi connectivity index (χ3n) is 14.8. The number of H-pyrrole nitrogens is 2. The van der Waals surface area contributed by atoms with Crippen molar-refractivity contribution in [1.29, 1.82) is 0 Å². The number of aliphatic carboxylic acids is 1. The van der Waals surface area contributed by atoms with Crippen molar-refractivity contribution in [3.8, 4) is 5.75 Å². The number of nitrogens with one attached hydrogen (secondary N) is 9. The van der Waals surface area contributed by atoms with Crippen LogP contribution in [-0.2, 0) is 78.4 Å². The fourth-order valence-corrected chi connectivity index (χ4v) is 10.1. The SMILES string of the molecule is C[C@@H](O)[C@H](NC(=O)[C@H](Cc1ccccc1)NC(=O)[C@@H]1CCCN1C(=O)[C@H](Cc1ccc(O)cc1)NC(=O)[C@H](CC(N)=O)NC(=O)[C@H](CCCN=C(N)N)NC(=O)[C@H](Cc1c[nH]c2ccccc12)NC(=O)[C@H](CCC(N)=O)NC(=O)[C@@H](N)Cc1cnc[nH]1)C(=O)O. The van der Waals surface area contributed by atoms with Crippen LogP contribution in [0, 0.1) is 0 Å². The molecule has 10 amide bonds. The molecule has 1 aliphatic heterocycles. The maximum Gasteiger partial charge on any atom is 0.328 e. The quantitative estimate of drug-likeness (QED) is 0.0107. The molecule has 22 N–H and O–H groups in total. The predicted octanol–water partition coefficient (Wildman–Crippen LogP) is -3.76. The minimum atomic E-state index is -1.86. The highest BCUT2D eigenvalue weighted by molar-refractivity contribution is 6.00. The highest BCUT2D eigenvalue weighted by atomic mass is 16.4. The van der Waals surface area contributed by atoms with Crippen molar-refractivity contribution >= 4 is 81.9 Å². The Kier molecular flexibility index (Phi) is 25.2. The van der Waals surface area contributed by atoms with Gasteiger partial charge in [-0.05, 0) is 73.9 Å². The van der Waals surface area contributed by atoms with E-state index in [1.165, 1.54) is 41.7 Å². The second kappa shape index (κ2) is 33.1. The molecular formula is C59H77N17O14. The fraction of sp³-hybridized carbons (Fsp3) is 0.407. The highest BCUT2D eigenvalue weighted by Crippen LogP contribution is 2.23. The van der Waals surface area contributed by atoms with Crippen molar-refractivity contribution in [2.24, 2.45) is 33.7 Å². The molecule has 5 aromatic rings. The number of aliphatic hydroxyl groups excluding tert-OH is 1. The number of aliphatic imine (C=N–C) groups is 1. The normalized spacial score (nSPS) is 15.8. The summed E-state index contributed by atoms with van der Waals surface area (Å²) in [5.74, 6) is -11.4. The van der Waals surface area contributed by atoms with Gasteiger partial charge in [-0.1, -0.05) is 60.7 Å². The number of aromatic hydroxyl groups is 1. The number of amides is 10. The number of aromatic amines is 2. The van der Waals surface area contributed by atoms with Gasteiger partial charge >= 0.3 is 5.97 Å². The van der Waals surface area contributed by atoms with Crippen LogP contribution < -0.4 is 65.9 Å². The molecule has 3 heterocycles. The second-order valence-corrected chi connectivity index (χ2v) is 21.8. The third kappa shape index (κ3) is 20.6. The first-order valence-electron chi connectivity index (χ1n) is 28.9. The van der Waals surface area contributed by atoms with Gasteiger partial charge in [0.1, 0.15) is 48.0 Å². The summed E-state index contributed by atoms with van der Waals surface area (Å²) in [5, 5.41) is 48.4. The van der Waals surface area contributed by atoms with E-state index >= 15 is 0 Å². The second-order valence-electron chi connectivity index (χ2n) is 21.8. The van der Waals surface area contributed by atoms with Crippen molar-refractivity contribution in [2.45, 2.75) is 138 Å². The zero-order valence-electron chi connectivity index (χ0n) is 49.3. The third-order valence-corrected chi connectivity index (χ3v) is 14.8. The number of para-hydroxylation sites is 1. The summed E-state index contributed by atoms with van der Waals surface area (Å²) in [6, 6.07) is 7.38. The molecule has 2 aromatic heterocycles. The maximum atomic E-state index is 14.9. The van der Waals surface area contributed by atoms with Crippen molar-refractivity contribution in [3.05, 3.63) is 120 Å². The van der Waals surface area contributed by atoms with Crippen LogP contribution in [0.2, 0.25) is 0 Å². The molecule has 1 saturated heterocycles. The van der Waals surface area contributed by atoms with E-state index in [1.54, 1.807) is 60.8 Å². The van der Waals surface area contributed by atoms with Crippen LogP contribution in [0.3, 0.4) is 0 Å². The van der Waals surface area contributed by atoms with Gasteiger partial charge in [-0.25, -0.2) is 9.78 Å². The van der Waals surface area contributed by atoms with Crippen molar-refractivity contribution in [2.75, 3.05) is 13.1 Å². The predicted molar refractivity (Wildman–Crippen MR) is 324 cm³/mol. The lowest BCUT2D eigenvalue weighted by Gasteiger charge is -2.31. The topological polar surface area (TPSA) is 523 Å². The standard InChI is InChI=1S/C59H77N17O14/c1-31(77)49(58(89)90)75-55(86)42(23-32-9-3-2-4-10-32)73-56(87)46-14-8-22-76(46)57(88)45(24-33-15-17-36(78)18-16-33)74-54(85)44(27-48(62)80)72-51(82)40(13-7-21-66-59(63)64)70-53(84)43(25-34-28-67-39-12-6-5-11-37(34)39)71-52(83)41(19-20-47(61)79)69-50(81)38(60)26-35-29-65-30-68-35/h2-6,9-12,15-18,28-31,38,40-46,49,67,77-78H,7-8,13-14,19-27,60H2,1H3,(H2,61,79)(H2,62,80)(H,65,68)(H,69,81)(H,70,84)(H,71,83)(H,72,82)(H,73,87)(H,74,85)(H,75,86)(H,89,90)(H4,63,64,66)/t31-,38+,40+,41+,42+,43+,44+,45+,46+,49+/m1/s1.